The Kier molecular flexibility index (Phi) is 8.66. The molecule has 0 aliphatic heterocycles. The van der Waals surface area contributed by atoms with Gasteiger partial charge in [0.2, 0.25) is 0 Å². The van der Waals surface area contributed by atoms with E-state index in [0.29, 0.717) is 16.9 Å². The third-order valence-corrected chi connectivity index (χ3v) is 5.32. The fourth-order valence-corrected chi connectivity index (χ4v) is 3.08. The van der Waals surface area contributed by atoms with Crippen molar-refractivity contribution in [1.82, 2.24) is 5.43 Å². The summed E-state index contributed by atoms with van der Waals surface area (Å²) in [6.45, 7) is 0. The zero-order chi connectivity index (χ0) is 25.4. The highest BCUT2D eigenvalue weighted by atomic mass is 35.5. The predicted molar refractivity (Wildman–Crippen MR) is 132 cm³/mol. The first-order chi connectivity index (χ1) is 16.8. The maximum absolute atomic E-state index is 12.4. The predicted octanol–water partition coefficient (Wildman–Crippen LogP) is 4.32. The molecule has 0 bridgehead atoms. The molecule has 0 aliphatic rings. The number of ether oxygens (including phenoxy) is 3. The smallest absolute Gasteiger partial charge is 0.343 e. The summed E-state index contributed by atoms with van der Waals surface area (Å²) < 4.78 is 15.8. The summed E-state index contributed by atoms with van der Waals surface area (Å²) in [6, 6.07) is 15.7. The van der Waals surface area contributed by atoms with Gasteiger partial charge >= 0.3 is 17.8 Å². The summed E-state index contributed by atoms with van der Waals surface area (Å²) in [7, 11) is 2.94. The van der Waals surface area contributed by atoms with Crippen LogP contribution in [-0.4, -0.2) is 38.2 Å². The molecule has 0 atom stereocenters. The van der Waals surface area contributed by atoms with Crippen LogP contribution in [0.1, 0.15) is 15.9 Å². The van der Waals surface area contributed by atoms with E-state index in [0.717, 1.165) is 0 Å². The molecule has 0 heterocycles. The average Bonchev–Trinajstić information content (AvgIpc) is 2.87. The molecule has 3 aromatic carbocycles. The third kappa shape index (κ3) is 6.72. The van der Waals surface area contributed by atoms with E-state index in [1.54, 1.807) is 42.5 Å². The SMILES string of the molecule is COc1ccc(C(=O)Oc2ccc(/C=N\NC(=O)C(=O)Nc3cccc(Cl)c3Cl)cc2OC)cc1. The van der Waals surface area contributed by atoms with Gasteiger partial charge in [0.25, 0.3) is 0 Å². The molecule has 3 aromatic rings. The number of carbonyl (C=O) groups excluding carboxylic acids is 3. The number of anilines is 1. The maximum Gasteiger partial charge on any atom is 0.343 e. The van der Waals surface area contributed by atoms with Gasteiger partial charge in [-0.2, -0.15) is 5.10 Å². The number of methoxy groups -OCH3 is 2. The lowest BCUT2D eigenvalue weighted by Gasteiger charge is -2.10. The van der Waals surface area contributed by atoms with Gasteiger partial charge in [0.05, 0.1) is 41.7 Å². The lowest BCUT2D eigenvalue weighted by Crippen LogP contribution is -2.32. The lowest BCUT2D eigenvalue weighted by molar-refractivity contribution is -0.136. The van der Waals surface area contributed by atoms with E-state index >= 15 is 0 Å². The number of rotatable bonds is 7. The number of halogens is 2. The van der Waals surface area contributed by atoms with Crippen molar-refractivity contribution in [2.24, 2.45) is 5.10 Å². The zero-order valence-corrected chi connectivity index (χ0v) is 20.0. The molecule has 0 aromatic heterocycles. The number of nitrogens with one attached hydrogen (secondary N) is 2. The molecule has 0 unspecified atom stereocenters. The Balaban J connectivity index is 1.61. The molecule has 0 radical (unpaired) electrons. The first-order valence-electron chi connectivity index (χ1n) is 9.95. The topological polar surface area (TPSA) is 115 Å². The van der Waals surface area contributed by atoms with Crippen LogP contribution in [0.15, 0.2) is 65.8 Å². The molecular formula is C24H19Cl2N3O6. The van der Waals surface area contributed by atoms with Crippen molar-refractivity contribution in [2.45, 2.75) is 0 Å². The molecule has 0 saturated carbocycles. The van der Waals surface area contributed by atoms with E-state index in [-0.39, 0.29) is 27.2 Å². The second-order valence-corrected chi connectivity index (χ2v) is 7.57. The summed E-state index contributed by atoms with van der Waals surface area (Å²) >= 11 is 11.9. The Morgan fingerprint density at radius 3 is 2.31 bits per heavy atom. The molecule has 9 nitrogen and oxygen atoms in total. The Bertz CT molecular complexity index is 1280. The van der Waals surface area contributed by atoms with Crippen LogP contribution in [0, 0.1) is 0 Å². The molecule has 0 spiro atoms. The van der Waals surface area contributed by atoms with Gasteiger partial charge in [0, 0.05) is 0 Å². The summed E-state index contributed by atoms with van der Waals surface area (Å²) in [6.07, 6.45) is 1.29. The lowest BCUT2D eigenvalue weighted by atomic mass is 10.2. The van der Waals surface area contributed by atoms with Gasteiger partial charge in [-0.1, -0.05) is 29.3 Å². The van der Waals surface area contributed by atoms with Crippen LogP contribution in [-0.2, 0) is 9.59 Å². The number of amides is 2. The highest BCUT2D eigenvalue weighted by molar-refractivity contribution is 6.45. The van der Waals surface area contributed by atoms with Gasteiger partial charge < -0.3 is 19.5 Å². The molecule has 0 aliphatic carbocycles. The van der Waals surface area contributed by atoms with E-state index in [9.17, 15) is 14.4 Å². The van der Waals surface area contributed by atoms with Crippen LogP contribution in [0.3, 0.4) is 0 Å². The van der Waals surface area contributed by atoms with Crippen LogP contribution in [0.5, 0.6) is 17.2 Å². The van der Waals surface area contributed by atoms with Crippen molar-refractivity contribution >= 4 is 52.9 Å². The Morgan fingerprint density at radius 2 is 1.63 bits per heavy atom. The van der Waals surface area contributed by atoms with Gasteiger partial charge in [0.1, 0.15) is 5.75 Å². The first kappa shape index (κ1) is 25.5. The van der Waals surface area contributed by atoms with Gasteiger partial charge in [-0.15, -0.1) is 0 Å². The number of esters is 1. The fraction of sp³-hybridized carbons (Fsp3) is 0.0833. The first-order valence-corrected chi connectivity index (χ1v) is 10.7. The number of hydrogen-bond acceptors (Lipinski definition) is 7. The third-order valence-electron chi connectivity index (χ3n) is 4.50. The number of benzene rings is 3. The molecular weight excluding hydrogens is 497 g/mol. The summed E-state index contributed by atoms with van der Waals surface area (Å²) in [4.78, 5) is 36.5. The molecule has 0 saturated heterocycles. The molecule has 0 fully saturated rings. The number of carbonyl (C=O) groups is 3. The minimum atomic E-state index is -1.02. The van der Waals surface area contributed by atoms with Gasteiger partial charge in [0.15, 0.2) is 11.5 Å². The fourth-order valence-electron chi connectivity index (χ4n) is 2.73. The van der Waals surface area contributed by atoms with Crippen LogP contribution < -0.4 is 25.0 Å². The summed E-state index contributed by atoms with van der Waals surface area (Å²) in [5.74, 6) is -1.52. The summed E-state index contributed by atoms with van der Waals surface area (Å²) in [5.41, 5.74) is 3.13. The van der Waals surface area contributed by atoms with Crippen molar-refractivity contribution in [3.63, 3.8) is 0 Å². The van der Waals surface area contributed by atoms with E-state index in [1.165, 1.54) is 38.6 Å². The molecule has 3 rings (SSSR count). The van der Waals surface area contributed by atoms with Crippen molar-refractivity contribution < 1.29 is 28.6 Å². The van der Waals surface area contributed by atoms with Gasteiger partial charge in [-0.05, 0) is 60.2 Å². The summed E-state index contributed by atoms with van der Waals surface area (Å²) in [5, 5.41) is 6.44. The van der Waals surface area contributed by atoms with E-state index in [2.05, 4.69) is 15.8 Å². The van der Waals surface area contributed by atoms with Crippen LogP contribution >= 0.6 is 23.2 Å². The molecule has 2 N–H and O–H groups in total. The number of hydrazone groups is 1. The molecule has 11 heteroatoms. The van der Waals surface area contributed by atoms with Crippen LogP contribution in [0.25, 0.3) is 0 Å². The normalized spacial score (nSPS) is 10.5. The maximum atomic E-state index is 12.4. The van der Waals surface area contributed by atoms with Crippen molar-refractivity contribution in [3.8, 4) is 17.2 Å². The molecule has 180 valence electrons. The largest absolute Gasteiger partial charge is 0.497 e. The highest BCUT2D eigenvalue weighted by Crippen LogP contribution is 2.30. The number of hydrogen-bond donors (Lipinski definition) is 2. The molecule has 2 amide bonds. The minimum Gasteiger partial charge on any atom is -0.497 e. The van der Waals surface area contributed by atoms with Gasteiger partial charge in [-0.25, -0.2) is 10.2 Å². The zero-order valence-electron chi connectivity index (χ0n) is 18.5. The van der Waals surface area contributed by atoms with E-state index in [4.69, 9.17) is 37.4 Å². The van der Waals surface area contributed by atoms with Crippen molar-refractivity contribution in [2.75, 3.05) is 19.5 Å². The second-order valence-electron chi connectivity index (χ2n) is 6.78. The average molecular weight is 516 g/mol. The van der Waals surface area contributed by atoms with E-state index in [1.807, 2.05) is 0 Å². The van der Waals surface area contributed by atoms with Crippen LogP contribution in [0.4, 0.5) is 5.69 Å². The standard InChI is InChI=1S/C24H19Cl2N3O6/c1-33-16-9-7-15(8-10-16)24(32)35-19-11-6-14(12-20(19)34-2)13-27-29-23(31)22(30)28-18-5-3-4-17(25)21(18)26/h3-13H,1-2H3,(H,28,30)(H,29,31)/b27-13-. The Labute approximate surface area is 210 Å². The van der Waals surface area contributed by atoms with Crippen molar-refractivity contribution in [1.29, 1.82) is 0 Å². The number of nitrogens with zero attached hydrogens (tertiary/aromatic N) is 1. The second kappa shape index (κ2) is 11.9. The Morgan fingerprint density at radius 1 is 0.886 bits per heavy atom. The monoisotopic (exact) mass is 515 g/mol. The van der Waals surface area contributed by atoms with Gasteiger partial charge in [-0.3, -0.25) is 9.59 Å². The van der Waals surface area contributed by atoms with Crippen LogP contribution in [0.2, 0.25) is 10.0 Å². The quantitative estimate of drug-likeness (QED) is 0.159. The Hall–Kier alpha value is -4.08. The van der Waals surface area contributed by atoms with Crippen molar-refractivity contribution in [3.05, 3.63) is 81.8 Å². The minimum absolute atomic E-state index is 0.110. The van der Waals surface area contributed by atoms with E-state index < -0.39 is 17.8 Å². The highest BCUT2D eigenvalue weighted by Gasteiger charge is 2.16. The molecule has 35 heavy (non-hydrogen) atoms.